The van der Waals surface area contributed by atoms with Crippen LogP contribution in [0, 0.1) is 11.6 Å². The number of nitrogens with zero attached hydrogens (tertiary/aromatic N) is 1. The lowest BCUT2D eigenvalue weighted by atomic mass is 10.1. The molecule has 2 aromatic rings. The normalized spacial score (nSPS) is 11.7. The largest absolute Gasteiger partial charge is 0.508 e. The second kappa shape index (κ2) is 7.74. The molecule has 7 heteroatoms. The van der Waals surface area contributed by atoms with Crippen LogP contribution in [0.25, 0.3) is 0 Å². The van der Waals surface area contributed by atoms with E-state index in [1.165, 1.54) is 11.0 Å². The number of carbonyl (C=O) groups excluding carboxylic acids is 2. The number of nitrogens with one attached hydrogen (secondary N) is 1. The molecule has 5 nitrogen and oxygen atoms in total. The van der Waals surface area contributed by atoms with Crippen molar-refractivity contribution >= 4 is 11.8 Å². The molecule has 0 saturated carbocycles. The molecule has 2 amide bonds. The summed E-state index contributed by atoms with van der Waals surface area (Å²) in [4.78, 5) is 25.5. The van der Waals surface area contributed by atoms with Crippen LogP contribution in [0.3, 0.4) is 0 Å². The third kappa shape index (κ3) is 4.53. The Morgan fingerprint density at radius 1 is 1.20 bits per heavy atom. The molecule has 0 aliphatic heterocycles. The zero-order valence-electron chi connectivity index (χ0n) is 13.8. The van der Waals surface area contributed by atoms with E-state index in [-0.39, 0.29) is 23.9 Å². The van der Waals surface area contributed by atoms with Gasteiger partial charge in [-0.1, -0.05) is 12.1 Å². The first-order valence-corrected chi connectivity index (χ1v) is 7.57. The van der Waals surface area contributed by atoms with E-state index in [9.17, 15) is 23.5 Å². The van der Waals surface area contributed by atoms with Gasteiger partial charge in [-0.3, -0.25) is 9.59 Å². The number of phenols is 1. The van der Waals surface area contributed by atoms with E-state index >= 15 is 0 Å². The van der Waals surface area contributed by atoms with Crippen LogP contribution in [0.15, 0.2) is 42.5 Å². The number of likely N-dealkylation sites (N-methyl/N-ethyl adjacent to an activating group) is 1. The molecular weight excluding hydrogens is 330 g/mol. The maximum absolute atomic E-state index is 13.6. The summed E-state index contributed by atoms with van der Waals surface area (Å²) in [5.74, 6) is -2.89. The van der Waals surface area contributed by atoms with Gasteiger partial charge in [0.2, 0.25) is 5.91 Å². The number of carbonyl (C=O) groups is 2. The molecule has 1 atom stereocenters. The van der Waals surface area contributed by atoms with Crippen LogP contribution < -0.4 is 5.32 Å². The van der Waals surface area contributed by atoms with Crippen LogP contribution in [-0.2, 0) is 4.79 Å². The maximum Gasteiger partial charge on any atom is 0.254 e. The molecule has 0 bridgehead atoms. The lowest BCUT2D eigenvalue weighted by Gasteiger charge is -2.25. The Labute approximate surface area is 143 Å². The van der Waals surface area contributed by atoms with Crippen molar-refractivity contribution in [3.05, 3.63) is 65.2 Å². The van der Waals surface area contributed by atoms with Crippen molar-refractivity contribution in [1.82, 2.24) is 10.2 Å². The molecule has 0 heterocycles. The summed E-state index contributed by atoms with van der Waals surface area (Å²) < 4.78 is 26.4. The molecule has 132 valence electrons. The van der Waals surface area contributed by atoms with Crippen molar-refractivity contribution in [1.29, 1.82) is 0 Å². The minimum Gasteiger partial charge on any atom is -0.508 e. The number of aromatic hydroxyl groups is 1. The van der Waals surface area contributed by atoms with E-state index in [1.54, 1.807) is 32.2 Å². The zero-order chi connectivity index (χ0) is 18.6. The minimum absolute atomic E-state index is 0.0882. The Morgan fingerprint density at radius 2 is 1.92 bits per heavy atom. The Kier molecular flexibility index (Phi) is 5.69. The van der Waals surface area contributed by atoms with E-state index in [0.29, 0.717) is 6.07 Å². The first kappa shape index (κ1) is 18.4. The molecule has 0 fully saturated rings. The molecule has 0 aromatic heterocycles. The van der Waals surface area contributed by atoms with Gasteiger partial charge in [-0.25, -0.2) is 8.78 Å². The van der Waals surface area contributed by atoms with Gasteiger partial charge < -0.3 is 15.3 Å². The lowest BCUT2D eigenvalue weighted by Crippen LogP contribution is -2.39. The quantitative estimate of drug-likeness (QED) is 0.873. The standard InChI is InChI=1S/C18H18F2N2O3/c1-11(12-4-3-5-14(23)8-12)22(2)17(24)10-21-18(25)15-7-6-13(19)9-16(15)20/h3-9,11,23H,10H2,1-2H3,(H,21,25). The highest BCUT2D eigenvalue weighted by atomic mass is 19.1. The number of rotatable bonds is 5. The topological polar surface area (TPSA) is 69.6 Å². The van der Waals surface area contributed by atoms with Crippen LogP contribution >= 0.6 is 0 Å². The second-order valence-corrected chi connectivity index (χ2v) is 5.58. The molecule has 0 spiro atoms. The highest BCUT2D eigenvalue weighted by Crippen LogP contribution is 2.22. The van der Waals surface area contributed by atoms with Gasteiger partial charge in [0.1, 0.15) is 17.4 Å². The SMILES string of the molecule is CC(c1cccc(O)c1)N(C)C(=O)CNC(=O)c1ccc(F)cc1F. The molecule has 0 aliphatic carbocycles. The van der Waals surface area contributed by atoms with Gasteiger partial charge in [0.25, 0.3) is 5.91 Å². The second-order valence-electron chi connectivity index (χ2n) is 5.58. The molecule has 0 aliphatic rings. The monoisotopic (exact) mass is 348 g/mol. The van der Waals surface area contributed by atoms with Crippen molar-refractivity contribution in [3.63, 3.8) is 0 Å². The lowest BCUT2D eigenvalue weighted by molar-refractivity contribution is -0.130. The van der Waals surface area contributed by atoms with Crippen LogP contribution in [0.4, 0.5) is 8.78 Å². The average Bonchev–Trinajstić information content (AvgIpc) is 2.58. The fraction of sp³-hybridized carbons (Fsp3) is 0.222. The van der Waals surface area contributed by atoms with Crippen LogP contribution in [0.2, 0.25) is 0 Å². The predicted molar refractivity (Wildman–Crippen MR) is 88.0 cm³/mol. The summed E-state index contributed by atoms with van der Waals surface area (Å²) in [6.07, 6.45) is 0. The summed E-state index contributed by atoms with van der Waals surface area (Å²) in [5.41, 5.74) is 0.393. The van der Waals surface area contributed by atoms with Gasteiger partial charge in [0.15, 0.2) is 0 Å². The first-order chi connectivity index (χ1) is 11.8. The fourth-order valence-corrected chi connectivity index (χ4v) is 2.27. The van der Waals surface area contributed by atoms with E-state index in [1.807, 2.05) is 0 Å². The summed E-state index contributed by atoms with van der Waals surface area (Å²) in [5, 5.41) is 11.8. The van der Waals surface area contributed by atoms with Gasteiger partial charge >= 0.3 is 0 Å². The molecule has 2 rings (SSSR count). The maximum atomic E-state index is 13.6. The number of amides is 2. The molecule has 0 saturated heterocycles. The van der Waals surface area contributed by atoms with Gasteiger partial charge in [-0.15, -0.1) is 0 Å². The molecule has 1 unspecified atom stereocenters. The van der Waals surface area contributed by atoms with Gasteiger partial charge in [-0.05, 0) is 36.8 Å². The van der Waals surface area contributed by atoms with E-state index < -0.39 is 23.4 Å². The Morgan fingerprint density at radius 3 is 2.56 bits per heavy atom. The van der Waals surface area contributed by atoms with Gasteiger partial charge in [0.05, 0.1) is 18.2 Å². The smallest absolute Gasteiger partial charge is 0.254 e. The van der Waals surface area contributed by atoms with Crippen molar-refractivity contribution in [2.75, 3.05) is 13.6 Å². The van der Waals surface area contributed by atoms with Crippen LogP contribution in [-0.4, -0.2) is 35.4 Å². The van der Waals surface area contributed by atoms with E-state index in [2.05, 4.69) is 5.32 Å². The Hall–Kier alpha value is -2.96. The van der Waals surface area contributed by atoms with Crippen molar-refractivity contribution < 1.29 is 23.5 Å². The van der Waals surface area contributed by atoms with Crippen LogP contribution in [0.5, 0.6) is 5.75 Å². The summed E-state index contributed by atoms with van der Waals surface area (Å²) in [6, 6.07) is 8.75. The Balaban J connectivity index is 1.98. The highest BCUT2D eigenvalue weighted by molar-refractivity contribution is 5.96. The minimum atomic E-state index is -0.994. The number of benzene rings is 2. The summed E-state index contributed by atoms with van der Waals surface area (Å²) in [6.45, 7) is 1.43. The molecule has 2 aromatic carbocycles. The van der Waals surface area contributed by atoms with Crippen molar-refractivity contribution in [3.8, 4) is 5.75 Å². The molecule has 2 N–H and O–H groups in total. The summed E-state index contributed by atoms with van der Waals surface area (Å²) >= 11 is 0. The molecule has 0 radical (unpaired) electrons. The predicted octanol–water partition coefficient (Wildman–Crippen LogP) is 2.62. The number of hydrogen-bond acceptors (Lipinski definition) is 3. The summed E-state index contributed by atoms with van der Waals surface area (Å²) in [7, 11) is 1.56. The van der Waals surface area contributed by atoms with E-state index in [4.69, 9.17) is 0 Å². The van der Waals surface area contributed by atoms with Crippen molar-refractivity contribution in [2.24, 2.45) is 0 Å². The van der Waals surface area contributed by atoms with E-state index in [0.717, 1.165) is 17.7 Å². The molecule has 25 heavy (non-hydrogen) atoms. The number of hydrogen-bond donors (Lipinski definition) is 2. The number of phenolic OH excluding ortho intramolecular Hbond substituents is 1. The third-order valence-corrected chi connectivity index (χ3v) is 3.90. The van der Waals surface area contributed by atoms with Gasteiger partial charge in [-0.2, -0.15) is 0 Å². The average molecular weight is 348 g/mol. The van der Waals surface area contributed by atoms with Crippen LogP contribution in [0.1, 0.15) is 28.9 Å². The molecular formula is C18H18F2N2O3. The zero-order valence-corrected chi connectivity index (χ0v) is 13.8. The highest BCUT2D eigenvalue weighted by Gasteiger charge is 2.19. The third-order valence-electron chi connectivity index (χ3n) is 3.90. The first-order valence-electron chi connectivity index (χ1n) is 7.57. The Bertz CT molecular complexity index is 796. The van der Waals surface area contributed by atoms with Gasteiger partial charge in [0, 0.05) is 13.1 Å². The van der Waals surface area contributed by atoms with Crippen molar-refractivity contribution in [2.45, 2.75) is 13.0 Å². The fourth-order valence-electron chi connectivity index (χ4n) is 2.27. The number of halogens is 2.